The summed E-state index contributed by atoms with van der Waals surface area (Å²) in [5.74, 6) is 2.43. The van der Waals surface area contributed by atoms with E-state index in [-0.39, 0.29) is 40.8 Å². The van der Waals surface area contributed by atoms with E-state index < -0.39 is 11.9 Å². The molecule has 198 valence electrons. The van der Waals surface area contributed by atoms with Gasteiger partial charge in [-0.05, 0) is 97.7 Å². The second-order valence-corrected chi connectivity index (χ2v) is 14.3. The van der Waals surface area contributed by atoms with Gasteiger partial charge < -0.3 is 19.3 Å². The Morgan fingerprint density at radius 2 is 1.77 bits per heavy atom. The molecule has 6 aliphatic rings. The van der Waals surface area contributed by atoms with Crippen molar-refractivity contribution in [1.29, 1.82) is 0 Å². The second-order valence-electron chi connectivity index (χ2n) is 13.8. The van der Waals surface area contributed by atoms with Gasteiger partial charge in [-0.2, -0.15) is 0 Å². The molecule has 1 spiro atoms. The molecule has 4 aliphatic carbocycles. The molecule has 0 unspecified atom stereocenters. The fourth-order valence-electron chi connectivity index (χ4n) is 10.7. The molecule has 6 rings (SSSR count). The third kappa shape index (κ3) is 3.39. The first kappa shape index (κ1) is 24.9. The Labute approximate surface area is 216 Å². The molecule has 6 fully saturated rings. The highest BCUT2D eigenvalue weighted by molar-refractivity contribution is 6.21. The number of aliphatic hydroxyl groups is 1. The van der Waals surface area contributed by atoms with Gasteiger partial charge in [-0.1, -0.05) is 27.7 Å². The van der Waals surface area contributed by atoms with Crippen LogP contribution in [0.4, 0.5) is 0 Å². The van der Waals surface area contributed by atoms with Crippen molar-refractivity contribution in [1.82, 2.24) is 0 Å². The molecule has 0 aromatic heterocycles. The van der Waals surface area contributed by atoms with Crippen LogP contribution in [0.15, 0.2) is 0 Å². The van der Waals surface area contributed by atoms with Crippen LogP contribution in [0.25, 0.3) is 0 Å². The van der Waals surface area contributed by atoms with Crippen molar-refractivity contribution >= 4 is 17.6 Å². The summed E-state index contributed by atoms with van der Waals surface area (Å²) in [7, 11) is 0. The van der Waals surface area contributed by atoms with Gasteiger partial charge >= 0.3 is 5.97 Å². The number of carbonyl (C=O) groups is 1. The lowest BCUT2D eigenvalue weighted by Crippen LogP contribution is -2.61. The maximum atomic E-state index is 11.6. The SMILES string of the molecule is CC(=O)O[C@H]1CC[C@@]2(C)[C@@H](CC[C@@H]3[C@@H]2CC[C@]2(C)[C@@H]4[C@H](C[C@@H]32)O[C@@]2(OC[C@H](C)[C@H](Cl)[C@H]2O)[C@H]4C)C1. The zero-order valence-corrected chi connectivity index (χ0v) is 22.9. The van der Waals surface area contributed by atoms with Crippen LogP contribution < -0.4 is 0 Å². The first-order valence-electron chi connectivity index (χ1n) is 14.3. The fraction of sp³-hybridized carbons (Fsp3) is 0.966. The number of hydrogen-bond acceptors (Lipinski definition) is 5. The van der Waals surface area contributed by atoms with Crippen molar-refractivity contribution in [3.63, 3.8) is 0 Å². The van der Waals surface area contributed by atoms with Crippen molar-refractivity contribution in [2.75, 3.05) is 6.61 Å². The highest BCUT2D eigenvalue weighted by Crippen LogP contribution is 2.71. The normalized spacial score (nSPS) is 59.3. The minimum Gasteiger partial charge on any atom is -0.463 e. The van der Waals surface area contributed by atoms with Crippen LogP contribution in [0.3, 0.4) is 0 Å². The Hall–Kier alpha value is -0.360. The number of carbonyl (C=O) groups excluding carboxylic acids is 1. The molecular weight excluding hydrogens is 464 g/mol. The predicted octanol–water partition coefficient (Wildman–Crippen LogP) is 5.55. The number of alkyl halides is 1. The van der Waals surface area contributed by atoms with Crippen LogP contribution in [0.1, 0.15) is 86.0 Å². The molecule has 6 heteroatoms. The maximum Gasteiger partial charge on any atom is 0.302 e. The van der Waals surface area contributed by atoms with Crippen LogP contribution >= 0.6 is 11.6 Å². The van der Waals surface area contributed by atoms with Gasteiger partial charge in [0.1, 0.15) is 12.2 Å². The molecule has 14 atom stereocenters. The van der Waals surface area contributed by atoms with E-state index in [9.17, 15) is 9.90 Å². The molecular formula is C29H45ClO5. The minimum absolute atomic E-state index is 0.114. The van der Waals surface area contributed by atoms with Crippen molar-refractivity contribution in [3.8, 4) is 0 Å². The maximum absolute atomic E-state index is 11.6. The van der Waals surface area contributed by atoms with E-state index >= 15 is 0 Å². The lowest BCUT2D eigenvalue weighted by Gasteiger charge is -2.61. The van der Waals surface area contributed by atoms with Crippen LogP contribution in [-0.4, -0.2) is 47.2 Å². The monoisotopic (exact) mass is 508 g/mol. The standard InChI is InChI=1S/C29H45ClO5/c1-15-14-33-29(26(32)25(15)30)16(2)24-23(35-29)13-22-20-7-6-18-12-19(34-17(3)31)8-10-27(18,4)21(20)9-11-28(22,24)5/h15-16,18-26,32H,6-14H2,1-5H3/t15-,16-,18-,19-,20+,21-,22-,23-,24-,25-,26+,27-,28-,29-/m0/s1. The number of halogens is 1. The molecule has 2 heterocycles. The molecule has 0 aromatic carbocycles. The van der Waals surface area contributed by atoms with Crippen LogP contribution in [0.2, 0.25) is 0 Å². The Kier molecular flexibility index (Phi) is 5.93. The van der Waals surface area contributed by atoms with Crippen LogP contribution in [0, 0.1) is 52.3 Å². The molecule has 1 N–H and O–H groups in total. The summed E-state index contributed by atoms with van der Waals surface area (Å²) >= 11 is 6.65. The summed E-state index contributed by atoms with van der Waals surface area (Å²) in [6.45, 7) is 11.5. The third-order valence-corrected chi connectivity index (χ3v) is 13.0. The quantitative estimate of drug-likeness (QED) is 0.371. The van der Waals surface area contributed by atoms with E-state index in [1.54, 1.807) is 6.92 Å². The van der Waals surface area contributed by atoms with Crippen LogP contribution in [0.5, 0.6) is 0 Å². The van der Waals surface area contributed by atoms with Crippen molar-refractivity contribution in [3.05, 3.63) is 0 Å². The molecule has 0 radical (unpaired) electrons. The molecule has 0 bridgehead atoms. The zero-order chi connectivity index (χ0) is 24.9. The molecule has 0 amide bonds. The van der Waals surface area contributed by atoms with Gasteiger partial charge in [0.05, 0.1) is 18.1 Å². The Bertz CT molecular complexity index is 866. The number of rotatable bonds is 1. The Balaban J connectivity index is 1.22. The van der Waals surface area contributed by atoms with Crippen molar-refractivity contribution in [2.45, 2.75) is 115 Å². The van der Waals surface area contributed by atoms with Crippen LogP contribution in [-0.2, 0) is 19.0 Å². The molecule has 5 nitrogen and oxygen atoms in total. The summed E-state index contributed by atoms with van der Waals surface area (Å²) < 4.78 is 18.8. The topological polar surface area (TPSA) is 65.0 Å². The largest absolute Gasteiger partial charge is 0.463 e. The zero-order valence-electron chi connectivity index (χ0n) is 22.2. The third-order valence-electron chi connectivity index (χ3n) is 12.4. The summed E-state index contributed by atoms with van der Waals surface area (Å²) in [4.78, 5) is 11.6. The molecule has 4 saturated carbocycles. The van der Waals surface area contributed by atoms with E-state index in [0.717, 1.165) is 31.1 Å². The molecule has 35 heavy (non-hydrogen) atoms. The number of fused-ring (bicyclic) bond motifs is 7. The van der Waals surface area contributed by atoms with E-state index in [1.807, 2.05) is 6.92 Å². The van der Waals surface area contributed by atoms with E-state index in [4.69, 9.17) is 25.8 Å². The first-order chi connectivity index (χ1) is 16.5. The first-order valence-corrected chi connectivity index (χ1v) is 14.8. The van der Waals surface area contributed by atoms with E-state index in [1.165, 1.54) is 32.1 Å². The number of hydrogen-bond donors (Lipinski definition) is 1. The minimum atomic E-state index is -0.947. The second kappa shape index (κ2) is 8.32. The molecule has 2 aliphatic heterocycles. The molecule has 0 aromatic rings. The Morgan fingerprint density at radius 3 is 2.51 bits per heavy atom. The summed E-state index contributed by atoms with van der Waals surface area (Å²) in [5, 5.41) is 10.9. The van der Waals surface area contributed by atoms with Gasteiger partial charge in [-0.25, -0.2) is 0 Å². The van der Waals surface area contributed by atoms with Gasteiger partial charge in [0.2, 0.25) is 0 Å². The number of ether oxygens (including phenoxy) is 3. The smallest absolute Gasteiger partial charge is 0.302 e. The average Bonchev–Trinajstić information content (AvgIpc) is 3.26. The highest BCUT2D eigenvalue weighted by atomic mass is 35.5. The Morgan fingerprint density at radius 1 is 1.03 bits per heavy atom. The van der Waals surface area contributed by atoms with Gasteiger partial charge in [-0.3, -0.25) is 4.79 Å². The van der Waals surface area contributed by atoms with Gasteiger partial charge in [-0.15, -0.1) is 11.6 Å². The van der Waals surface area contributed by atoms with Crippen molar-refractivity contribution < 1.29 is 24.1 Å². The van der Waals surface area contributed by atoms with E-state index in [0.29, 0.717) is 29.8 Å². The van der Waals surface area contributed by atoms with Gasteiger partial charge in [0, 0.05) is 12.8 Å². The summed E-state index contributed by atoms with van der Waals surface area (Å²) in [6, 6.07) is 0. The summed E-state index contributed by atoms with van der Waals surface area (Å²) in [6.07, 6.45) is 8.86. The van der Waals surface area contributed by atoms with Gasteiger partial charge in [0.15, 0.2) is 5.79 Å². The predicted molar refractivity (Wildman–Crippen MR) is 134 cm³/mol. The molecule has 2 saturated heterocycles. The van der Waals surface area contributed by atoms with E-state index in [2.05, 4.69) is 20.8 Å². The average molecular weight is 509 g/mol. The van der Waals surface area contributed by atoms with Crippen molar-refractivity contribution in [2.24, 2.45) is 52.3 Å². The lowest BCUT2D eigenvalue weighted by atomic mass is 9.44. The van der Waals surface area contributed by atoms with Gasteiger partial charge in [0.25, 0.3) is 0 Å². The summed E-state index contributed by atoms with van der Waals surface area (Å²) in [5.41, 5.74) is 0.581. The number of aliphatic hydroxyl groups excluding tert-OH is 1. The lowest BCUT2D eigenvalue weighted by molar-refractivity contribution is -0.314. The fourth-order valence-corrected chi connectivity index (χ4v) is 10.9. The highest BCUT2D eigenvalue weighted by Gasteiger charge is 2.71. The number of esters is 1.